The van der Waals surface area contributed by atoms with E-state index in [9.17, 15) is 0 Å². The molecule has 0 fully saturated rings. The van der Waals surface area contributed by atoms with Crippen molar-refractivity contribution in [2.75, 3.05) is 5.73 Å². The largest absolute Gasteiger partial charge is 0.399 e. The highest BCUT2D eigenvalue weighted by Gasteiger charge is 2.58. The lowest BCUT2D eigenvalue weighted by Crippen LogP contribution is -2.34. The topological polar surface area (TPSA) is 26.0 Å². The summed E-state index contributed by atoms with van der Waals surface area (Å²) in [5.74, 6) is 0.951. The molecule has 4 aliphatic rings. The summed E-state index contributed by atoms with van der Waals surface area (Å²) in [6.45, 7) is 4.00. The molecule has 1 nitrogen and oxygen atoms in total. The van der Waals surface area contributed by atoms with Crippen LogP contribution >= 0.6 is 0 Å². The van der Waals surface area contributed by atoms with E-state index in [-0.39, 0.29) is 5.41 Å². The highest BCUT2D eigenvalue weighted by Crippen LogP contribution is 2.67. The van der Waals surface area contributed by atoms with E-state index >= 15 is 0 Å². The highest BCUT2D eigenvalue weighted by molar-refractivity contribution is 5.99. The van der Waals surface area contributed by atoms with Crippen LogP contribution in [0.3, 0.4) is 0 Å². The van der Waals surface area contributed by atoms with Gasteiger partial charge in [0.15, 0.2) is 0 Å². The Kier molecular flexibility index (Phi) is 6.45. The lowest BCUT2D eigenvalue weighted by Gasteiger charge is -2.39. The van der Waals surface area contributed by atoms with E-state index in [4.69, 9.17) is 5.73 Å². The normalized spacial score (nSPS) is 22.3. The minimum Gasteiger partial charge on any atom is -0.399 e. The first kappa shape index (κ1) is 27.0. The molecule has 2 N–H and O–H groups in total. The van der Waals surface area contributed by atoms with E-state index in [0.717, 1.165) is 24.9 Å². The van der Waals surface area contributed by atoms with Gasteiger partial charge in [0.25, 0.3) is 0 Å². The summed E-state index contributed by atoms with van der Waals surface area (Å²) in [6, 6.07) is 38.8. The number of benzene rings is 5. The summed E-state index contributed by atoms with van der Waals surface area (Å²) in [6.07, 6.45) is 14.0. The van der Waals surface area contributed by atoms with Crippen molar-refractivity contribution in [2.24, 2.45) is 5.92 Å². The second kappa shape index (κ2) is 10.5. The van der Waals surface area contributed by atoms with Crippen LogP contribution in [-0.2, 0) is 5.41 Å². The van der Waals surface area contributed by atoms with Crippen molar-refractivity contribution < 1.29 is 0 Å². The van der Waals surface area contributed by atoms with Gasteiger partial charge in [0.1, 0.15) is 0 Å². The molecule has 3 atom stereocenters. The minimum absolute atomic E-state index is 0.147. The van der Waals surface area contributed by atoms with Crippen molar-refractivity contribution in [2.45, 2.75) is 50.9 Å². The first-order valence-electron chi connectivity index (χ1n) is 16.4. The van der Waals surface area contributed by atoms with Gasteiger partial charge < -0.3 is 5.73 Å². The molecular weight excluding hydrogens is 530 g/mol. The van der Waals surface area contributed by atoms with Gasteiger partial charge in [-0.3, -0.25) is 0 Å². The van der Waals surface area contributed by atoms with Crippen LogP contribution in [0.25, 0.3) is 33.0 Å². The molecule has 0 aliphatic heterocycles. The molecule has 9 rings (SSSR count). The number of fused-ring (bicyclic) bond motifs is 12. The van der Waals surface area contributed by atoms with Crippen molar-refractivity contribution in [1.82, 2.24) is 0 Å². The lowest BCUT2D eigenvalue weighted by atomic mass is 9.63. The molecule has 0 aromatic heterocycles. The predicted octanol–water partition coefficient (Wildman–Crippen LogP) is 11.1. The number of rotatable bonds is 2. The molecule has 4 aliphatic carbocycles. The zero-order chi connectivity index (χ0) is 29.8. The van der Waals surface area contributed by atoms with Crippen LogP contribution in [0.1, 0.15) is 78.8 Å². The third kappa shape index (κ3) is 3.78. The average Bonchev–Trinajstić information content (AvgIpc) is 3.56. The molecule has 5 aromatic carbocycles. The van der Waals surface area contributed by atoms with Gasteiger partial charge in [-0.2, -0.15) is 0 Å². The SMILES string of the molecule is CC.Nc1cccc(C2=CC=C(c3ccc4c(c3)C3(c5ccccc5-c5ccc6ccccc6c53)C3CCC=CC43)CC2)c1. The van der Waals surface area contributed by atoms with Crippen molar-refractivity contribution in [3.63, 3.8) is 0 Å². The molecule has 0 radical (unpaired) electrons. The van der Waals surface area contributed by atoms with Gasteiger partial charge in [-0.15, -0.1) is 0 Å². The van der Waals surface area contributed by atoms with Gasteiger partial charge in [0, 0.05) is 11.6 Å². The van der Waals surface area contributed by atoms with E-state index in [2.05, 4.69) is 121 Å². The quantitative estimate of drug-likeness (QED) is 0.166. The average molecular weight is 570 g/mol. The molecule has 0 bridgehead atoms. The number of hydrogen-bond acceptors (Lipinski definition) is 1. The van der Waals surface area contributed by atoms with Crippen molar-refractivity contribution in [3.8, 4) is 11.1 Å². The maximum absolute atomic E-state index is 6.10. The number of nitrogen functional groups attached to an aromatic ring is 1. The maximum atomic E-state index is 6.10. The molecule has 1 heteroatoms. The summed E-state index contributed by atoms with van der Waals surface area (Å²) in [5, 5.41) is 2.74. The Morgan fingerprint density at radius 1 is 0.682 bits per heavy atom. The Morgan fingerprint density at radius 2 is 1.45 bits per heavy atom. The standard InChI is InChI=1S/C41H33N.C2H6/c42-31-10-7-9-29(24-31)26-16-18-27(19-17-26)30-21-22-35-33-12-3-5-14-37(33)41(39(35)25-30)38-15-6-4-13-34(38)36-23-20-28-8-1-2-11-32(28)40(36)41;1-2/h1-4,6-13,15-16,18,20-25,33,37H,5,14,17,19,42H2;1-2H3. The first-order valence-corrected chi connectivity index (χ1v) is 16.4. The molecule has 44 heavy (non-hydrogen) atoms. The van der Waals surface area contributed by atoms with Gasteiger partial charge in [-0.05, 0) is 116 Å². The Morgan fingerprint density at radius 3 is 2.27 bits per heavy atom. The van der Waals surface area contributed by atoms with E-state index < -0.39 is 0 Å². The van der Waals surface area contributed by atoms with E-state index in [1.54, 1.807) is 0 Å². The summed E-state index contributed by atoms with van der Waals surface area (Å²) in [4.78, 5) is 0. The molecule has 1 spiro atoms. The van der Waals surface area contributed by atoms with Crippen LogP contribution in [0.2, 0.25) is 0 Å². The second-order valence-corrected chi connectivity index (χ2v) is 12.5. The Bertz CT molecular complexity index is 2020. The third-order valence-electron chi connectivity index (χ3n) is 10.6. The van der Waals surface area contributed by atoms with Crippen LogP contribution in [-0.4, -0.2) is 0 Å². The predicted molar refractivity (Wildman–Crippen MR) is 188 cm³/mol. The minimum atomic E-state index is -0.147. The molecule has 0 saturated carbocycles. The second-order valence-electron chi connectivity index (χ2n) is 12.5. The zero-order valence-corrected chi connectivity index (χ0v) is 25.7. The van der Waals surface area contributed by atoms with Gasteiger partial charge in [-0.25, -0.2) is 0 Å². The fourth-order valence-corrected chi connectivity index (χ4v) is 8.87. The first-order chi connectivity index (χ1) is 21.7. The van der Waals surface area contributed by atoms with E-state index in [1.165, 1.54) is 72.8 Å². The van der Waals surface area contributed by atoms with Crippen molar-refractivity contribution in [3.05, 3.63) is 161 Å². The smallest absolute Gasteiger partial charge is 0.0509 e. The Hall–Kier alpha value is -4.62. The zero-order valence-electron chi connectivity index (χ0n) is 25.7. The van der Waals surface area contributed by atoms with E-state index in [0.29, 0.717) is 11.8 Å². The van der Waals surface area contributed by atoms with Gasteiger partial charge in [0.2, 0.25) is 0 Å². The molecule has 5 aromatic rings. The van der Waals surface area contributed by atoms with Gasteiger partial charge in [0.05, 0.1) is 5.41 Å². The fourth-order valence-electron chi connectivity index (χ4n) is 8.87. The monoisotopic (exact) mass is 569 g/mol. The molecule has 3 unspecified atom stereocenters. The summed E-state index contributed by atoms with van der Waals surface area (Å²) in [7, 11) is 0. The van der Waals surface area contributed by atoms with E-state index in [1.807, 2.05) is 19.9 Å². The molecular formula is C43H39N. The summed E-state index contributed by atoms with van der Waals surface area (Å²) in [5.41, 5.74) is 21.1. The Balaban J connectivity index is 0.00000142. The van der Waals surface area contributed by atoms with Crippen molar-refractivity contribution >= 4 is 27.6 Å². The number of anilines is 1. The van der Waals surface area contributed by atoms with Crippen LogP contribution in [0.4, 0.5) is 5.69 Å². The highest BCUT2D eigenvalue weighted by atomic mass is 14.6. The van der Waals surface area contributed by atoms with Crippen LogP contribution in [0.15, 0.2) is 127 Å². The molecule has 0 amide bonds. The lowest BCUT2D eigenvalue weighted by molar-refractivity contribution is 0.353. The number of allylic oxidation sites excluding steroid dienone is 6. The third-order valence-corrected chi connectivity index (χ3v) is 10.6. The van der Waals surface area contributed by atoms with Gasteiger partial charge in [-0.1, -0.05) is 123 Å². The summed E-state index contributed by atoms with van der Waals surface area (Å²) >= 11 is 0. The number of hydrogen-bond donors (Lipinski definition) is 1. The number of nitrogens with two attached hydrogens (primary N) is 1. The fraction of sp³-hybridized carbons (Fsp3) is 0.209. The van der Waals surface area contributed by atoms with Crippen molar-refractivity contribution in [1.29, 1.82) is 0 Å². The Labute approximate surface area is 261 Å². The maximum Gasteiger partial charge on any atom is 0.0509 e. The van der Waals surface area contributed by atoms with Crippen LogP contribution in [0, 0.1) is 5.92 Å². The van der Waals surface area contributed by atoms with Crippen LogP contribution < -0.4 is 5.73 Å². The summed E-state index contributed by atoms with van der Waals surface area (Å²) < 4.78 is 0. The molecule has 0 heterocycles. The van der Waals surface area contributed by atoms with Crippen LogP contribution in [0.5, 0.6) is 0 Å². The molecule has 216 valence electrons. The molecule has 0 saturated heterocycles. The van der Waals surface area contributed by atoms with Gasteiger partial charge >= 0.3 is 0 Å².